The zero-order chi connectivity index (χ0) is 18.6. The molecule has 1 aromatic rings. The van der Waals surface area contributed by atoms with Gasteiger partial charge in [-0.25, -0.2) is 0 Å². The molecule has 4 heteroatoms. The topological polar surface area (TPSA) is 29.5 Å². The second-order valence-corrected chi connectivity index (χ2v) is 9.30. The molecule has 0 radical (unpaired) electrons. The summed E-state index contributed by atoms with van der Waals surface area (Å²) in [4.78, 5) is 14.2. The van der Waals surface area contributed by atoms with Crippen LogP contribution in [-0.4, -0.2) is 44.5 Å². The average molecular weight is 422 g/mol. The van der Waals surface area contributed by atoms with Crippen molar-refractivity contribution in [2.75, 3.05) is 6.61 Å². The van der Waals surface area contributed by atoms with Crippen LogP contribution in [0, 0.1) is 0 Å². The van der Waals surface area contributed by atoms with Crippen molar-refractivity contribution in [1.29, 1.82) is 0 Å². The Morgan fingerprint density at radius 2 is 1.85 bits per heavy atom. The van der Waals surface area contributed by atoms with E-state index in [0.29, 0.717) is 33.6 Å². The van der Waals surface area contributed by atoms with Crippen LogP contribution in [0.25, 0.3) is 0 Å². The number of ether oxygens (including phenoxy) is 1. The number of benzene rings is 1. The Morgan fingerprint density at radius 1 is 1.15 bits per heavy atom. The Labute approximate surface area is 165 Å². The van der Waals surface area contributed by atoms with Crippen LogP contribution in [-0.2, 0) is 9.53 Å². The summed E-state index contributed by atoms with van der Waals surface area (Å²) >= 11 is 0.576. The van der Waals surface area contributed by atoms with Crippen molar-refractivity contribution in [2.45, 2.75) is 76.2 Å². The average Bonchev–Trinajstić information content (AvgIpc) is 3.04. The summed E-state index contributed by atoms with van der Waals surface area (Å²) in [5.74, 6) is -0.222. The number of hydrogen-bond donors (Lipinski definition) is 0. The molecule has 26 heavy (non-hydrogen) atoms. The second kappa shape index (κ2) is 12.2. The number of carbonyl (C=O) groups is 1. The fraction of sp³-hybridized carbons (Fsp3) is 0.591. The van der Waals surface area contributed by atoms with E-state index in [-0.39, 0.29) is 5.97 Å². The van der Waals surface area contributed by atoms with Gasteiger partial charge in [0.25, 0.3) is 0 Å². The molecule has 0 spiro atoms. The molecule has 2 atom stereocenters. The van der Waals surface area contributed by atoms with Crippen LogP contribution < -0.4 is 4.46 Å². The van der Waals surface area contributed by atoms with E-state index in [1.54, 1.807) is 6.08 Å². The van der Waals surface area contributed by atoms with Gasteiger partial charge in [0.1, 0.15) is 0 Å². The zero-order valence-corrected chi connectivity index (χ0v) is 17.9. The Balaban J connectivity index is 1.84. The van der Waals surface area contributed by atoms with E-state index in [2.05, 4.69) is 42.2 Å². The van der Waals surface area contributed by atoms with Gasteiger partial charge in [-0.2, -0.15) is 0 Å². The Kier molecular flexibility index (Phi) is 9.87. The third kappa shape index (κ3) is 7.17. The SMILES string of the molecule is CCCC[C@@H]1CC[C@@H](CCC[Se]c2ccccc2)N1/C=C/C(=O)OCC. The van der Waals surface area contributed by atoms with Gasteiger partial charge in [0.2, 0.25) is 0 Å². The predicted molar refractivity (Wildman–Crippen MR) is 110 cm³/mol. The Hall–Kier alpha value is -1.25. The van der Waals surface area contributed by atoms with Crippen molar-refractivity contribution in [3.63, 3.8) is 0 Å². The molecule has 3 nitrogen and oxygen atoms in total. The van der Waals surface area contributed by atoms with Gasteiger partial charge in [-0.15, -0.1) is 0 Å². The first-order valence-corrected chi connectivity index (χ1v) is 12.1. The van der Waals surface area contributed by atoms with Crippen LogP contribution >= 0.6 is 0 Å². The van der Waals surface area contributed by atoms with E-state index in [1.807, 2.05) is 13.1 Å². The van der Waals surface area contributed by atoms with Crippen LogP contribution in [0.1, 0.15) is 58.8 Å². The van der Waals surface area contributed by atoms with Gasteiger partial charge in [-0.1, -0.05) is 0 Å². The summed E-state index contributed by atoms with van der Waals surface area (Å²) in [6, 6.07) is 12.0. The Bertz CT molecular complexity index is 546. The summed E-state index contributed by atoms with van der Waals surface area (Å²) in [6.45, 7) is 4.53. The number of carbonyl (C=O) groups excluding carboxylic acids is 1. The summed E-state index contributed by atoms with van der Waals surface area (Å²) in [5, 5.41) is 1.29. The first-order valence-electron chi connectivity index (χ1n) is 10.0. The number of likely N-dealkylation sites (tertiary alicyclic amines) is 1. The first kappa shape index (κ1) is 21.1. The molecular formula is C22H33NO2Se. The minimum absolute atomic E-state index is 0.222. The minimum atomic E-state index is -0.222. The fourth-order valence-corrected chi connectivity index (χ4v) is 5.49. The molecule has 0 bridgehead atoms. The normalized spacial score (nSPS) is 20.0. The molecule has 1 aliphatic heterocycles. The number of unbranched alkanes of at least 4 members (excludes halogenated alkanes) is 1. The second-order valence-electron chi connectivity index (χ2n) is 6.85. The summed E-state index contributed by atoms with van der Waals surface area (Å²) in [6.07, 6.45) is 12.4. The van der Waals surface area contributed by atoms with Crippen molar-refractivity contribution in [3.05, 3.63) is 42.6 Å². The van der Waals surface area contributed by atoms with Gasteiger partial charge in [-0.3, -0.25) is 0 Å². The number of hydrogen-bond acceptors (Lipinski definition) is 3. The maximum absolute atomic E-state index is 11.7. The molecule has 0 amide bonds. The quantitative estimate of drug-likeness (QED) is 0.230. The molecule has 1 heterocycles. The third-order valence-electron chi connectivity index (χ3n) is 4.93. The molecule has 0 saturated carbocycles. The van der Waals surface area contributed by atoms with E-state index in [4.69, 9.17) is 4.74 Å². The molecule has 1 aliphatic rings. The summed E-state index contributed by atoms with van der Waals surface area (Å²) in [5.41, 5.74) is 0. The van der Waals surface area contributed by atoms with Crippen molar-refractivity contribution in [1.82, 2.24) is 4.90 Å². The van der Waals surface area contributed by atoms with Gasteiger partial charge >= 0.3 is 165 Å². The van der Waals surface area contributed by atoms with Gasteiger partial charge in [0.05, 0.1) is 0 Å². The standard InChI is InChI=1S/C22H33NO2Se/c1-3-5-10-19-14-15-20(23(19)17-16-22(24)25-4-2)11-9-18-26-21-12-7-6-8-13-21/h6-8,12-13,16-17,19-20H,3-5,9-11,14-15,18H2,1-2H3/b17-16+/t19-,20-/m1/s1. The van der Waals surface area contributed by atoms with Crippen LogP contribution in [0.15, 0.2) is 42.6 Å². The molecule has 144 valence electrons. The van der Waals surface area contributed by atoms with E-state index < -0.39 is 0 Å². The van der Waals surface area contributed by atoms with Crippen molar-refractivity contribution >= 4 is 25.4 Å². The van der Waals surface area contributed by atoms with E-state index >= 15 is 0 Å². The number of nitrogens with zero attached hydrogens (tertiary/aromatic N) is 1. The number of esters is 1. The summed E-state index contributed by atoms with van der Waals surface area (Å²) < 4.78 is 6.54. The molecule has 0 aliphatic carbocycles. The van der Waals surface area contributed by atoms with Crippen LogP contribution in [0.4, 0.5) is 0 Å². The van der Waals surface area contributed by atoms with Crippen LogP contribution in [0.2, 0.25) is 5.32 Å². The molecule has 1 aromatic carbocycles. The fourth-order valence-electron chi connectivity index (χ4n) is 3.61. The molecule has 0 N–H and O–H groups in total. The maximum atomic E-state index is 11.7. The Morgan fingerprint density at radius 3 is 2.50 bits per heavy atom. The predicted octanol–water partition coefficient (Wildman–Crippen LogP) is 4.31. The third-order valence-corrected chi connectivity index (χ3v) is 7.23. The van der Waals surface area contributed by atoms with Crippen molar-refractivity contribution < 1.29 is 9.53 Å². The first-order chi connectivity index (χ1) is 12.7. The van der Waals surface area contributed by atoms with E-state index in [0.717, 1.165) is 0 Å². The molecule has 0 unspecified atom stereocenters. The van der Waals surface area contributed by atoms with E-state index in [9.17, 15) is 4.79 Å². The van der Waals surface area contributed by atoms with Crippen molar-refractivity contribution in [3.8, 4) is 0 Å². The van der Waals surface area contributed by atoms with Gasteiger partial charge in [0.15, 0.2) is 0 Å². The molecule has 1 fully saturated rings. The summed E-state index contributed by atoms with van der Waals surface area (Å²) in [7, 11) is 0. The number of rotatable bonds is 11. The molecular weight excluding hydrogens is 389 g/mol. The van der Waals surface area contributed by atoms with Crippen LogP contribution in [0.5, 0.6) is 0 Å². The monoisotopic (exact) mass is 423 g/mol. The van der Waals surface area contributed by atoms with Crippen molar-refractivity contribution in [2.24, 2.45) is 0 Å². The van der Waals surface area contributed by atoms with Gasteiger partial charge < -0.3 is 0 Å². The molecule has 0 aromatic heterocycles. The van der Waals surface area contributed by atoms with Gasteiger partial charge in [0, 0.05) is 0 Å². The molecule has 2 rings (SSSR count). The van der Waals surface area contributed by atoms with E-state index in [1.165, 1.54) is 54.7 Å². The zero-order valence-electron chi connectivity index (χ0n) is 16.2. The van der Waals surface area contributed by atoms with Crippen LogP contribution in [0.3, 0.4) is 0 Å². The van der Waals surface area contributed by atoms with Gasteiger partial charge in [-0.05, 0) is 0 Å². The molecule has 1 saturated heterocycles.